The molecule has 2 rings (SSSR count). The molecule has 5 heteroatoms. The minimum atomic E-state index is -0.913. The van der Waals surface area contributed by atoms with Gasteiger partial charge in [0.05, 0.1) is 0 Å². The Balaban J connectivity index is 2.12. The summed E-state index contributed by atoms with van der Waals surface area (Å²) in [6, 6.07) is 13.8. The smallest absolute Gasteiger partial charge is 0.325 e. The quantitative estimate of drug-likeness (QED) is 0.852. The molecule has 0 amide bonds. The molecule has 1 atom stereocenters. The number of carboxylic acid groups (broad SMARTS) is 1. The van der Waals surface area contributed by atoms with Crippen molar-refractivity contribution in [2.24, 2.45) is 0 Å². The fourth-order valence-corrected chi connectivity index (χ4v) is 2.61. The van der Waals surface area contributed by atoms with Crippen molar-refractivity contribution >= 4 is 33.5 Å². The van der Waals surface area contributed by atoms with Crippen LogP contribution in [0.4, 0.5) is 0 Å². The second-order valence-electron chi connectivity index (χ2n) is 4.30. The van der Waals surface area contributed by atoms with Gasteiger partial charge in [-0.05, 0) is 23.3 Å². The zero-order valence-electron chi connectivity index (χ0n) is 10.5. The Labute approximate surface area is 130 Å². The van der Waals surface area contributed by atoms with Gasteiger partial charge in [-0.1, -0.05) is 63.9 Å². The normalized spacial score (nSPS) is 12.1. The van der Waals surface area contributed by atoms with Crippen molar-refractivity contribution in [1.82, 2.24) is 5.32 Å². The first-order chi connectivity index (χ1) is 9.58. The average molecular weight is 355 g/mol. The molecule has 2 N–H and O–H groups in total. The van der Waals surface area contributed by atoms with Crippen LogP contribution in [0.1, 0.15) is 17.2 Å². The van der Waals surface area contributed by atoms with E-state index in [1.165, 1.54) is 0 Å². The van der Waals surface area contributed by atoms with Crippen molar-refractivity contribution < 1.29 is 9.90 Å². The second kappa shape index (κ2) is 6.88. The fraction of sp³-hybridized carbons (Fsp3) is 0.133. The number of hydrogen-bond acceptors (Lipinski definition) is 2. The van der Waals surface area contributed by atoms with Crippen LogP contribution in [0.5, 0.6) is 0 Å². The van der Waals surface area contributed by atoms with Crippen molar-refractivity contribution in [3.8, 4) is 0 Å². The Morgan fingerprint density at radius 2 is 1.95 bits per heavy atom. The SMILES string of the molecule is O=C(O)C(NCc1ccc(Br)cc1Cl)c1ccccc1. The number of halogens is 2. The molecule has 0 saturated carbocycles. The highest BCUT2D eigenvalue weighted by molar-refractivity contribution is 9.10. The number of hydrogen-bond donors (Lipinski definition) is 2. The van der Waals surface area contributed by atoms with Crippen molar-refractivity contribution in [3.63, 3.8) is 0 Å². The number of nitrogens with one attached hydrogen (secondary N) is 1. The predicted octanol–water partition coefficient (Wildman–Crippen LogP) is 4.02. The van der Waals surface area contributed by atoms with Crippen LogP contribution >= 0.6 is 27.5 Å². The first-order valence-corrected chi connectivity index (χ1v) is 7.20. The van der Waals surface area contributed by atoms with Crippen molar-refractivity contribution in [2.75, 3.05) is 0 Å². The summed E-state index contributed by atoms with van der Waals surface area (Å²) in [6.45, 7) is 0.387. The molecule has 0 aliphatic rings. The van der Waals surface area contributed by atoms with E-state index < -0.39 is 12.0 Å². The summed E-state index contributed by atoms with van der Waals surface area (Å²) >= 11 is 9.46. The summed E-state index contributed by atoms with van der Waals surface area (Å²) in [4.78, 5) is 11.4. The van der Waals surface area contributed by atoms with Gasteiger partial charge in [0, 0.05) is 16.0 Å². The molecule has 0 saturated heterocycles. The first-order valence-electron chi connectivity index (χ1n) is 6.03. The van der Waals surface area contributed by atoms with Gasteiger partial charge in [0.15, 0.2) is 0 Å². The van der Waals surface area contributed by atoms with E-state index in [1.54, 1.807) is 18.2 Å². The van der Waals surface area contributed by atoms with Gasteiger partial charge in [-0.25, -0.2) is 0 Å². The van der Waals surface area contributed by atoms with Gasteiger partial charge >= 0.3 is 5.97 Å². The van der Waals surface area contributed by atoms with E-state index in [9.17, 15) is 9.90 Å². The van der Waals surface area contributed by atoms with Crippen LogP contribution in [-0.4, -0.2) is 11.1 Å². The van der Waals surface area contributed by atoms with Crippen LogP contribution in [0.25, 0.3) is 0 Å². The van der Waals surface area contributed by atoms with Gasteiger partial charge in [-0.2, -0.15) is 0 Å². The van der Waals surface area contributed by atoms with Gasteiger partial charge in [0.1, 0.15) is 6.04 Å². The molecule has 20 heavy (non-hydrogen) atoms. The maximum absolute atomic E-state index is 11.4. The van der Waals surface area contributed by atoms with Gasteiger partial charge in [0.2, 0.25) is 0 Å². The van der Waals surface area contributed by atoms with E-state index >= 15 is 0 Å². The molecule has 0 aliphatic heterocycles. The number of rotatable bonds is 5. The molecular formula is C15H13BrClNO2. The molecule has 3 nitrogen and oxygen atoms in total. The maximum Gasteiger partial charge on any atom is 0.325 e. The minimum absolute atomic E-state index is 0.387. The Hall–Kier alpha value is -1.36. The molecule has 104 valence electrons. The molecule has 0 heterocycles. The van der Waals surface area contributed by atoms with E-state index in [4.69, 9.17) is 11.6 Å². The Kier molecular flexibility index (Phi) is 5.17. The zero-order valence-corrected chi connectivity index (χ0v) is 12.9. The second-order valence-corrected chi connectivity index (χ2v) is 5.62. The minimum Gasteiger partial charge on any atom is -0.480 e. The predicted molar refractivity (Wildman–Crippen MR) is 82.8 cm³/mol. The number of carboxylic acids is 1. The van der Waals surface area contributed by atoms with Crippen molar-refractivity contribution in [2.45, 2.75) is 12.6 Å². The molecular weight excluding hydrogens is 342 g/mol. The highest BCUT2D eigenvalue weighted by Crippen LogP contribution is 2.22. The Bertz CT molecular complexity index is 604. The average Bonchev–Trinajstić information content (AvgIpc) is 2.42. The van der Waals surface area contributed by atoms with E-state index in [2.05, 4.69) is 21.2 Å². The van der Waals surface area contributed by atoms with Gasteiger partial charge in [-0.3, -0.25) is 10.1 Å². The first kappa shape index (κ1) is 15.0. The highest BCUT2D eigenvalue weighted by Gasteiger charge is 2.19. The lowest BCUT2D eigenvalue weighted by Crippen LogP contribution is -2.28. The van der Waals surface area contributed by atoms with Crippen molar-refractivity contribution in [3.05, 3.63) is 69.2 Å². The molecule has 2 aromatic carbocycles. The summed E-state index contributed by atoms with van der Waals surface area (Å²) < 4.78 is 0.893. The lowest BCUT2D eigenvalue weighted by atomic mass is 10.1. The van der Waals surface area contributed by atoms with Crippen LogP contribution in [0.15, 0.2) is 53.0 Å². The standard InChI is InChI=1S/C15H13BrClNO2/c16-12-7-6-11(13(17)8-12)9-18-14(15(19)20)10-4-2-1-3-5-10/h1-8,14,18H,9H2,(H,19,20). The Morgan fingerprint density at radius 3 is 2.55 bits per heavy atom. The largest absolute Gasteiger partial charge is 0.480 e. The third-order valence-electron chi connectivity index (χ3n) is 2.89. The monoisotopic (exact) mass is 353 g/mol. The fourth-order valence-electron chi connectivity index (χ4n) is 1.87. The van der Waals surface area contributed by atoms with Gasteiger partial charge < -0.3 is 5.11 Å². The summed E-state index contributed by atoms with van der Waals surface area (Å²) in [6.07, 6.45) is 0. The van der Waals surface area contributed by atoms with Crippen molar-refractivity contribution in [1.29, 1.82) is 0 Å². The van der Waals surface area contributed by atoms with Crippen LogP contribution in [0.3, 0.4) is 0 Å². The zero-order chi connectivity index (χ0) is 14.5. The molecule has 0 aliphatic carbocycles. The molecule has 0 fully saturated rings. The summed E-state index contributed by atoms with van der Waals surface area (Å²) in [5.74, 6) is -0.913. The highest BCUT2D eigenvalue weighted by atomic mass is 79.9. The number of aliphatic carboxylic acids is 1. The molecule has 0 bridgehead atoms. The summed E-state index contributed by atoms with van der Waals surface area (Å²) in [5, 5.41) is 12.9. The van der Waals surface area contributed by atoms with E-state index in [0.717, 1.165) is 10.0 Å². The molecule has 0 aromatic heterocycles. The van der Waals surface area contributed by atoms with Gasteiger partial charge in [0.25, 0.3) is 0 Å². The number of benzene rings is 2. The lowest BCUT2D eigenvalue weighted by molar-refractivity contribution is -0.139. The summed E-state index contributed by atoms with van der Waals surface area (Å²) in [7, 11) is 0. The van der Waals surface area contributed by atoms with Crippen LogP contribution in [-0.2, 0) is 11.3 Å². The van der Waals surface area contributed by atoms with Gasteiger partial charge in [-0.15, -0.1) is 0 Å². The molecule has 2 aromatic rings. The summed E-state index contributed by atoms with van der Waals surface area (Å²) in [5.41, 5.74) is 1.57. The third kappa shape index (κ3) is 3.82. The van der Waals surface area contributed by atoms with E-state index in [1.807, 2.05) is 30.3 Å². The lowest BCUT2D eigenvalue weighted by Gasteiger charge is -2.15. The molecule has 0 spiro atoms. The van der Waals surface area contributed by atoms with Crippen LogP contribution in [0, 0.1) is 0 Å². The third-order valence-corrected chi connectivity index (χ3v) is 3.74. The maximum atomic E-state index is 11.4. The van der Waals surface area contributed by atoms with Crippen LogP contribution in [0.2, 0.25) is 5.02 Å². The van der Waals surface area contributed by atoms with Crippen LogP contribution < -0.4 is 5.32 Å². The molecule has 0 radical (unpaired) electrons. The van der Waals surface area contributed by atoms with E-state index in [0.29, 0.717) is 17.1 Å². The Morgan fingerprint density at radius 1 is 1.25 bits per heavy atom. The molecule has 1 unspecified atom stereocenters. The number of carbonyl (C=O) groups is 1. The topological polar surface area (TPSA) is 49.3 Å². The van der Waals surface area contributed by atoms with E-state index in [-0.39, 0.29) is 0 Å².